The summed E-state index contributed by atoms with van der Waals surface area (Å²) in [5, 5.41) is 12.3. The molecule has 0 radical (unpaired) electrons. The number of benzene rings is 1. The lowest BCUT2D eigenvalue weighted by Crippen LogP contribution is -2.39. The van der Waals surface area contributed by atoms with Gasteiger partial charge in [0, 0.05) is 25.4 Å². The Labute approximate surface area is 160 Å². The second-order valence-corrected chi connectivity index (χ2v) is 7.25. The molecule has 1 heterocycles. The van der Waals surface area contributed by atoms with Gasteiger partial charge in [-0.05, 0) is 46.7 Å². The van der Waals surface area contributed by atoms with Crippen LogP contribution in [0.2, 0.25) is 0 Å². The van der Waals surface area contributed by atoms with Crippen molar-refractivity contribution < 1.29 is 19.4 Å². The quantitative estimate of drug-likeness (QED) is 0.580. The molecule has 2 aliphatic rings. The van der Waals surface area contributed by atoms with Gasteiger partial charge < -0.3 is 14.7 Å². The lowest BCUT2D eigenvalue weighted by molar-refractivity contribution is -0.127. The van der Waals surface area contributed by atoms with Gasteiger partial charge in [0.2, 0.25) is 0 Å². The molecular formula is C19H19BrN2O4. The molecule has 1 aromatic rings. The fraction of sp³-hybridized carbons (Fsp3) is 0.263. The van der Waals surface area contributed by atoms with Crippen molar-refractivity contribution in [3.8, 4) is 11.5 Å². The van der Waals surface area contributed by atoms with Crippen LogP contribution in [0.25, 0.3) is 0 Å². The molecule has 136 valence electrons. The number of hydrogen-bond donors (Lipinski definition) is 2. The van der Waals surface area contributed by atoms with Crippen LogP contribution in [0.3, 0.4) is 0 Å². The summed E-state index contributed by atoms with van der Waals surface area (Å²) in [6, 6.07) is 5.17. The van der Waals surface area contributed by atoms with Gasteiger partial charge in [0.05, 0.1) is 12.7 Å². The van der Waals surface area contributed by atoms with Crippen LogP contribution in [0, 0.1) is 0 Å². The van der Waals surface area contributed by atoms with Crippen LogP contribution in [0.15, 0.2) is 51.7 Å². The molecule has 1 aliphatic carbocycles. The lowest BCUT2D eigenvalue weighted by atomic mass is 9.88. The van der Waals surface area contributed by atoms with E-state index in [-0.39, 0.29) is 11.7 Å². The Morgan fingerprint density at radius 1 is 1.31 bits per heavy atom. The highest BCUT2D eigenvalue weighted by Crippen LogP contribution is 2.34. The zero-order valence-electron chi connectivity index (χ0n) is 14.5. The van der Waals surface area contributed by atoms with Crippen molar-refractivity contribution in [1.29, 1.82) is 0 Å². The van der Waals surface area contributed by atoms with Gasteiger partial charge in [0.1, 0.15) is 0 Å². The maximum Gasteiger partial charge on any atom is 0.260 e. The van der Waals surface area contributed by atoms with Gasteiger partial charge in [-0.3, -0.25) is 14.9 Å². The standard InChI is InChI=1S/C19H19BrN2O4/c1-22(9-11-3-6-17(26-2)16(23)7-11)10-15-14-8-12(20)4-5-13(14)18(24)21-19(15)25/h3,6-8,10,23H,4-5,9H2,1-2H3,(H,21,24,25)/b15-10-. The first-order valence-electron chi connectivity index (χ1n) is 8.12. The highest BCUT2D eigenvalue weighted by atomic mass is 79.9. The first-order chi connectivity index (χ1) is 12.4. The number of carbonyl (C=O) groups excluding carboxylic acids is 2. The Morgan fingerprint density at radius 2 is 2.08 bits per heavy atom. The largest absolute Gasteiger partial charge is 0.504 e. The molecule has 0 bridgehead atoms. The van der Waals surface area contributed by atoms with Crippen molar-refractivity contribution in [3.05, 3.63) is 57.2 Å². The monoisotopic (exact) mass is 418 g/mol. The van der Waals surface area contributed by atoms with E-state index in [1.54, 1.807) is 18.3 Å². The molecule has 0 unspecified atom stereocenters. The number of imide groups is 1. The van der Waals surface area contributed by atoms with Crippen molar-refractivity contribution >= 4 is 27.7 Å². The van der Waals surface area contributed by atoms with Crippen molar-refractivity contribution in [1.82, 2.24) is 10.2 Å². The van der Waals surface area contributed by atoms with E-state index in [0.29, 0.717) is 35.4 Å². The third-order valence-electron chi connectivity index (χ3n) is 4.30. The van der Waals surface area contributed by atoms with Crippen LogP contribution in [-0.2, 0) is 16.1 Å². The number of nitrogens with zero attached hydrogens (tertiary/aromatic N) is 1. The zero-order valence-corrected chi connectivity index (χ0v) is 16.1. The van der Waals surface area contributed by atoms with Gasteiger partial charge in [-0.15, -0.1) is 0 Å². The Kier molecular flexibility index (Phi) is 5.18. The third-order valence-corrected chi connectivity index (χ3v) is 4.93. The number of amides is 2. The Morgan fingerprint density at radius 3 is 2.77 bits per heavy atom. The second kappa shape index (κ2) is 7.37. The average Bonchev–Trinajstić information content (AvgIpc) is 2.58. The molecule has 0 spiro atoms. The summed E-state index contributed by atoms with van der Waals surface area (Å²) in [7, 11) is 3.33. The van der Waals surface area contributed by atoms with E-state index in [4.69, 9.17) is 4.74 Å². The van der Waals surface area contributed by atoms with E-state index >= 15 is 0 Å². The van der Waals surface area contributed by atoms with Crippen molar-refractivity contribution in [2.75, 3.05) is 14.2 Å². The number of allylic oxidation sites excluding steroid dienone is 2. The van der Waals surface area contributed by atoms with Gasteiger partial charge in [-0.1, -0.05) is 22.0 Å². The number of halogens is 1. The van der Waals surface area contributed by atoms with Crippen LogP contribution < -0.4 is 10.1 Å². The fourth-order valence-electron chi connectivity index (χ4n) is 3.06. The highest BCUT2D eigenvalue weighted by Gasteiger charge is 2.31. The van der Waals surface area contributed by atoms with E-state index < -0.39 is 5.91 Å². The van der Waals surface area contributed by atoms with E-state index in [9.17, 15) is 14.7 Å². The fourth-order valence-corrected chi connectivity index (χ4v) is 3.48. The van der Waals surface area contributed by atoms with Crippen LogP contribution in [-0.4, -0.2) is 36.0 Å². The van der Waals surface area contributed by atoms with Gasteiger partial charge in [0.15, 0.2) is 11.5 Å². The van der Waals surface area contributed by atoms with Crippen LogP contribution in [0.5, 0.6) is 11.5 Å². The lowest BCUT2D eigenvalue weighted by Gasteiger charge is -2.25. The number of ether oxygens (including phenoxy) is 1. The summed E-state index contributed by atoms with van der Waals surface area (Å²) >= 11 is 3.46. The number of rotatable bonds is 4. The first-order valence-corrected chi connectivity index (χ1v) is 8.91. The minimum atomic E-state index is -0.406. The summed E-state index contributed by atoms with van der Waals surface area (Å²) in [5.74, 6) is -0.249. The summed E-state index contributed by atoms with van der Waals surface area (Å²) in [6.45, 7) is 0.482. The van der Waals surface area contributed by atoms with Gasteiger partial charge in [-0.25, -0.2) is 0 Å². The Hall–Kier alpha value is -2.54. The van der Waals surface area contributed by atoms with Gasteiger partial charge >= 0.3 is 0 Å². The summed E-state index contributed by atoms with van der Waals surface area (Å²) in [4.78, 5) is 26.2. The van der Waals surface area contributed by atoms with Crippen molar-refractivity contribution in [2.24, 2.45) is 0 Å². The molecule has 3 rings (SSSR count). The molecule has 6 nitrogen and oxygen atoms in total. The van der Waals surface area contributed by atoms with Gasteiger partial charge in [-0.2, -0.15) is 0 Å². The predicted octanol–water partition coefficient (Wildman–Crippen LogP) is 2.74. The summed E-state index contributed by atoms with van der Waals surface area (Å²) in [6.07, 6.45) is 4.91. The topological polar surface area (TPSA) is 78.9 Å². The maximum atomic E-state index is 12.3. The maximum absolute atomic E-state index is 12.3. The minimum Gasteiger partial charge on any atom is -0.504 e. The van der Waals surface area contributed by atoms with Crippen molar-refractivity contribution in [2.45, 2.75) is 19.4 Å². The smallest absolute Gasteiger partial charge is 0.260 e. The molecule has 0 atom stereocenters. The Balaban J connectivity index is 1.87. The number of phenolic OH excluding ortho intramolecular Hbond substituents is 1. The molecule has 0 aromatic heterocycles. The molecule has 0 fully saturated rings. The summed E-state index contributed by atoms with van der Waals surface area (Å²) in [5.41, 5.74) is 2.62. The van der Waals surface area contributed by atoms with Crippen LogP contribution >= 0.6 is 15.9 Å². The van der Waals surface area contributed by atoms with E-state index in [1.165, 1.54) is 7.11 Å². The molecular weight excluding hydrogens is 400 g/mol. The third kappa shape index (κ3) is 3.67. The molecule has 2 N–H and O–H groups in total. The normalized spacial score (nSPS) is 18.4. The molecule has 0 saturated heterocycles. The molecule has 1 aromatic carbocycles. The number of carbonyl (C=O) groups is 2. The molecule has 0 saturated carbocycles. The number of hydrogen-bond acceptors (Lipinski definition) is 5. The summed E-state index contributed by atoms with van der Waals surface area (Å²) < 4.78 is 6.01. The molecule has 2 amide bonds. The number of aromatic hydroxyl groups is 1. The minimum absolute atomic E-state index is 0.0659. The molecule has 1 aliphatic heterocycles. The average molecular weight is 419 g/mol. The number of nitrogens with one attached hydrogen (secondary N) is 1. The second-order valence-electron chi connectivity index (χ2n) is 6.23. The van der Waals surface area contributed by atoms with E-state index in [1.807, 2.05) is 24.1 Å². The Bertz CT molecular complexity index is 870. The molecule has 7 heteroatoms. The predicted molar refractivity (Wildman–Crippen MR) is 101 cm³/mol. The van der Waals surface area contributed by atoms with Crippen LogP contribution in [0.4, 0.5) is 0 Å². The first kappa shape index (κ1) is 18.3. The molecule has 26 heavy (non-hydrogen) atoms. The number of methoxy groups -OCH3 is 1. The van der Waals surface area contributed by atoms with E-state index in [0.717, 1.165) is 16.5 Å². The van der Waals surface area contributed by atoms with E-state index in [2.05, 4.69) is 21.2 Å². The highest BCUT2D eigenvalue weighted by molar-refractivity contribution is 9.11. The SMILES string of the molecule is COc1ccc(CN(C)/C=C2\C(=O)NC(=O)C3=C2C=C(Br)CC3)cc1O. The zero-order chi connectivity index (χ0) is 18.8. The number of phenols is 1. The van der Waals surface area contributed by atoms with Crippen molar-refractivity contribution in [3.63, 3.8) is 0 Å². The van der Waals surface area contributed by atoms with Crippen LogP contribution in [0.1, 0.15) is 18.4 Å². The van der Waals surface area contributed by atoms with Gasteiger partial charge in [0.25, 0.3) is 11.8 Å².